The average molecular weight is 268 g/mol. The predicted octanol–water partition coefficient (Wildman–Crippen LogP) is 1.26. The van der Waals surface area contributed by atoms with Crippen molar-refractivity contribution < 1.29 is 0 Å². The first-order chi connectivity index (χ1) is 9.79. The quantitative estimate of drug-likeness (QED) is 0.771. The van der Waals surface area contributed by atoms with Gasteiger partial charge in [-0.15, -0.1) is 0 Å². The molecule has 6 heteroatoms. The van der Waals surface area contributed by atoms with E-state index < -0.39 is 0 Å². The van der Waals surface area contributed by atoms with Crippen LogP contribution >= 0.6 is 0 Å². The molecule has 0 bridgehead atoms. The van der Waals surface area contributed by atoms with Crippen LogP contribution in [0.25, 0.3) is 11.0 Å². The molecule has 2 aromatic heterocycles. The number of hydrogen-bond donors (Lipinski definition) is 1. The summed E-state index contributed by atoms with van der Waals surface area (Å²) in [6.07, 6.45) is 5.76. The Kier molecular flexibility index (Phi) is 3.39. The van der Waals surface area contributed by atoms with Crippen molar-refractivity contribution in [2.24, 2.45) is 7.05 Å². The first kappa shape index (κ1) is 12.7. The van der Waals surface area contributed by atoms with Gasteiger partial charge >= 0.3 is 0 Å². The minimum Gasteiger partial charge on any atom is -0.313 e. The summed E-state index contributed by atoms with van der Waals surface area (Å²) < 4.78 is 1.79. The van der Waals surface area contributed by atoms with E-state index in [-0.39, 0.29) is 6.04 Å². The number of benzene rings is 1. The maximum atomic E-state index is 4.46. The highest BCUT2D eigenvalue weighted by Crippen LogP contribution is 2.23. The normalized spacial score (nSPS) is 12.7. The van der Waals surface area contributed by atoms with E-state index in [2.05, 4.69) is 31.4 Å². The van der Waals surface area contributed by atoms with Crippen molar-refractivity contribution in [1.29, 1.82) is 0 Å². The molecule has 1 N–H and O–H groups in total. The van der Waals surface area contributed by atoms with Crippen molar-refractivity contribution in [3.63, 3.8) is 0 Å². The lowest BCUT2D eigenvalue weighted by Crippen LogP contribution is -2.21. The second-order valence-electron chi connectivity index (χ2n) is 4.62. The molecule has 0 aliphatic heterocycles. The van der Waals surface area contributed by atoms with Crippen LogP contribution in [0.4, 0.5) is 0 Å². The van der Waals surface area contributed by atoms with Gasteiger partial charge in [-0.05, 0) is 18.7 Å². The summed E-state index contributed by atoms with van der Waals surface area (Å²) in [6, 6.07) is 6.18. The molecular weight excluding hydrogens is 252 g/mol. The molecule has 0 aliphatic carbocycles. The molecule has 1 aromatic carbocycles. The largest absolute Gasteiger partial charge is 0.313 e. The van der Waals surface area contributed by atoms with Crippen LogP contribution in [0.15, 0.2) is 36.9 Å². The van der Waals surface area contributed by atoms with Crippen molar-refractivity contribution >= 4 is 11.0 Å². The van der Waals surface area contributed by atoms with Crippen LogP contribution in [0, 0.1) is 0 Å². The number of hydrogen-bond acceptors (Lipinski definition) is 5. The van der Waals surface area contributed by atoms with Gasteiger partial charge in [0.1, 0.15) is 12.2 Å². The molecule has 0 amide bonds. The van der Waals surface area contributed by atoms with Gasteiger partial charge < -0.3 is 5.32 Å². The molecule has 6 nitrogen and oxygen atoms in total. The van der Waals surface area contributed by atoms with E-state index in [1.54, 1.807) is 23.4 Å². The smallest absolute Gasteiger partial charge is 0.138 e. The van der Waals surface area contributed by atoms with Crippen molar-refractivity contribution in [2.45, 2.75) is 12.5 Å². The lowest BCUT2D eigenvalue weighted by atomic mass is 10.0. The van der Waals surface area contributed by atoms with E-state index in [4.69, 9.17) is 0 Å². The zero-order valence-electron chi connectivity index (χ0n) is 11.5. The number of aromatic nitrogens is 5. The first-order valence-electron chi connectivity index (χ1n) is 6.49. The summed E-state index contributed by atoms with van der Waals surface area (Å²) in [5.41, 5.74) is 2.96. The highest BCUT2D eigenvalue weighted by molar-refractivity contribution is 5.78. The lowest BCUT2D eigenvalue weighted by molar-refractivity contribution is 0.555. The lowest BCUT2D eigenvalue weighted by Gasteiger charge is -2.17. The predicted molar refractivity (Wildman–Crippen MR) is 76.0 cm³/mol. The summed E-state index contributed by atoms with van der Waals surface area (Å²) in [6.45, 7) is 0. The van der Waals surface area contributed by atoms with Gasteiger partial charge in [0.2, 0.25) is 0 Å². The van der Waals surface area contributed by atoms with Crippen molar-refractivity contribution in [3.8, 4) is 0 Å². The van der Waals surface area contributed by atoms with Crippen LogP contribution in [0.1, 0.15) is 17.4 Å². The zero-order valence-corrected chi connectivity index (χ0v) is 11.5. The Balaban J connectivity index is 2.01. The van der Waals surface area contributed by atoms with Gasteiger partial charge in [0.15, 0.2) is 0 Å². The van der Waals surface area contributed by atoms with Gasteiger partial charge in [-0.1, -0.05) is 12.1 Å². The molecule has 0 radical (unpaired) electrons. The highest BCUT2D eigenvalue weighted by atomic mass is 15.3. The number of nitrogens with zero attached hydrogens (tertiary/aromatic N) is 5. The maximum Gasteiger partial charge on any atom is 0.138 e. The molecule has 0 fully saturated rings. The SMILES string of the molecule is CNC(Cc1ncnn1C)c1cccc2nccnc12. The van der Waals surface area contributed by atoms with Gasteiger partial charge in [0.25, 0.3) is 0 Å². The summed E-state index contributed by atoms with van der Waals surface area (Å²) in [5, 5.41) is 7.44. The second kappa shape index (κ2) is 5.34. The third-order valence-corrected chi connectivity index (χ3v) is 3.45. The van der Waals surface area contributed by atoms with E-state index in [0.29, 0.717) is 0 Å². The number of rotatable bonds is 4. The number of fused-ring (bicyclic) bond motifs is 1. The minimum atomic E-state index is 0.123. The molecule has 0 aliphatic rings. The standard InChI is InChI=1S/C14H16N6/c1-15-12(8-13-18-9-19-20(13)2)10-4-3-5-11-14(10)17-7-6-16-11/h3-7,9,12,15H,8H2,1-2H3. The number of aryl methyl sites for hydroxylation is 1. The number of likely N-dealkylation sites (N-methyl/N-ethyl adjacent to an activating group) is 1. The Bertz CT molecular complexity index is 715. The summed E-state index contributed by atoms with van der Waals surface area (Å²) >= 11 is 0. The van der Waals surface area contributed by atoms with Crippen molar-refractivity contribution in [2.75, 3.05) is 7.05 Å². The molecule has 3 rings (SSSR count). The van der Waals surface area contributed by atoms with Gasteiger partial charge in [-0.2, -0.15) is 5.10 Å². The Labute approximate surface area is 116 Å². The van der Waals surface area contributed by atoms with E-state index in [9.17, 15) is 0 Å². The van der Waals surface area contributed by atoms with Gasteiger partial charge in [0.05, 0.1) is 11.0 Å². The van der Waals surface area contributed by atoms with E-state index in [1.165, 1.54) is 0 Å². The summed E-state index contributed by atoms with van der Waals surface area (Å²) in [5.74, 6) is 0.935. The summed E-state index contributed by atoms with van der Waals surface area (Å²) in [7, 11) is 3.84. The van der Waals surface area contributed by atoms with Crippen LogP contribution in [-0.4, -0.2) is 31.8 Å². The molecule has 20 heavy (non-hydrogen) atoms. The number of para-hydroxylation sites is 1. The third-order valence-electron chi connectivity index (χ3n) is 3.45. The van der Waals surface area contributed by atoms with Crippen LogP contribution in [-0.2, 0) is 13.5 Å². The molecule has 0 saturated heterocycles. The Morgan fingerprint density at radius 1 is 1.20 bits per heavy atom. The fourth-order valence-corrected chi connectivity index (χ4v) is 2.35. The average Bonchev–Trinajstić information content (AvgIpc) is 2.89. The van der Waals surface area contributed by atoms with Crippen LogP contribution in [0.5, 0.6) is 0 Å². The monoisotopic (exact) mass is 268 g/mol. The molecule has 0 spiro atoms. The molecule has 3 aromatic rings. The summed E-state index contributed by atoms with van der Waals surface area (Å²) in [4.78, 5) is 13.1. The zero-order chi connectivity index (χ0) is 13.9. The van der Waals surface area contributed by atoms with E-state index in [0.717, 1.165) is 28.8 Å². The van der Waals surface area contributed by atoms with Gasteiger partial charge in [-0.3, -0.25) is 14.6 Å². The Morgan fingerprint density at radius 2 is 2.05 bits per heavy atom. The van der Waals surface area contributed by atoms with Crippen molar-refractivity contribution in [3.05, 3.63) is 48.3 Å². The van der Waals surface area contributed by atoms with E-state index >= 15 is 0 Å². The van der Waals surface area contributed by atoms with E-state index in [1.807, 2.05) is 26.2 Å². The highest BCUT2D eigenvalue weighted by Gasteiger charge is 2.16. The molecule has 1 atom stereocenters. The fourth-order valence-electron chi connectivity index (χ4n) is 2.35. The third kappa shape index (κ3) is 2.25. The van der Waals surface area contributed by atoms with Crippen LogP contribution in [0.2, 0.25) is 0 Å². The number of nitrogens with one attached hydrogen (secondary N) is 1. The molecule has 1 unspecified atom stereocenters. The second-order valence-corrected chi connectivity index (χ2v) is 4.62. The van der Waals surface area contributed by atoms with Crippen molar-refractivity contribution in [1.82, 2.24) is 30.0 Å². The fraction of sp³-hybridized carbons (Fsp3) is 0.286. The van der Waals surface area contributed by atoms with Gasteiger partial charge in [0, 0.05) is 31.9 Å². The molecule has 2 heterocycles. The topological polar surface area (TPSA) is 68.5 Å². The molecular formula is C14H16N6. The maximum absolute atomic E-state index is 4.46. The van der Waals surface area contributed by atoms with Gasteiger partial charge in [-0.25, -0.2) is 4.98 Å². The van der Waals surface area contributed by atoms with Crippen LogP contribution in [0.3, 0.4) is 0 Å². The molecule has 0 saturated carbocycles. The molecule has 102 valence electrons. The Hall–Kier alpha value is -2.34. The minimum absolute atomic E-state index is 0.123. The Morgan fingerprint density at radius 3 is 2.80 bits per heavy atom. The van der Waals surface area contributed by atoms with Crippen LogP contribution < -0.4 is 5.32 Å². The first-order valence-corrected chi connectivity index (χ1v) is 6.49.